The van der Waals surface area contributed by atoms with E-state index in [2.05, 4.69) is 130 Å². The standard InChI is InChI=1S/C40H22N2OS/c1-3-10-33-26(6-1)30-20-23(12-15-34(30)41(33)25-14-17-38-32(22-25)27-7-2-4-11-37(27)43-38)24-13-16-35-31(21-24)28-8-5-9-29-39(28)42(35)36-18-19-44-40(29)36/h1-22H. The van der Waals surface area contributed by atoms with Gasteiger partial charge < -0.3 is 13.4 Å². The van der Waals surface area contributed by atoms with Gasteiger partial charge in [-0.2, -0.15) is 0 Å². The number of para-hydroxylation sites is 3. The number of thiophene rings is 1. The Morgan fingerprint density at radius 2 is 1.16 bits per heavy atom. The molecular weight excluding hydrogens is 557 g/mol. The molecule has 0 saturated carbocycles. The molecule has 0 bridgehead atoms. The van der Waals surface area contributed by atoms with E-state index < -0.39 is 0 Å². The molecule has 0 aliphatic heterocycles. The highest BCUT2D eigenvalue weighted by atomic mass is 32.1. The molecule has 11 rings (SSSR count). The SMILES string of the molecule is c1ccc2c(c1)oc1ccc(-n3c4ccccc4c4cc(-c5ccc6c(c5)c5cccc7c8sccc8n6c57)ccc43)cc12. The molecule has 0 saturated heterocycles. The molecule has 0 unspecified atom stereocenters. The number of benzene rings is 6. The Bertz CT molecular complexity index is 2950. The lowest BCUT2D eigenvalue weighted by Gasteiger charge is -2.09. The molecule has 0 amide bonds. The molecule has 0 spiro atoms. The minimum Gasteiger partial charge on any atom is -0.456 e. The summed E-state index contributed by atoms with van der Waals surface area (Å²) in [5, 5.41) is 11.0. The molecule has 44 heavy (non-hydrogen) atoms. The Morgan fingerprint density at radius 1 is 0.455 bits per heavy atom. The smallest absolute Gasteiger partial charge is 0.135 e. The fourth-order valence-corrected chi connectivity index (χ4v) is 8.55. The number of fused-ring (bicyclic) bond motifs is 12. The summed E-state index contributed by atoms with van der Waals surface area (Å²) in [6.45, 7) is 0. The van der Waals surface area contributed by atoms with E-state index in [4.69, 9.17) is 4.42 Å². The quantitative estimate of drug-likeness (QED) is 0.200. The molecular formula is C40H22N2OS. The monoisotopic (exact) mass is 578 g/mol. The van der Waals surface area contributed by atoms with Gasteiger partial charge in [-0.05, 0) is 77.2 Å². The molecule has 0 aliphatic carbocycles. The summed E-state index contributed by atoms with van der Waals surface area (Å²) in [6.07, 6.45) is 0. The number of aromatic nitrogens is 2. The lowest BCUT2D eigenvalue weighted by molar-refractivity contribution is 0.669. The van der Waals surface area contributed by atoms with Gasteiger partial charge in [-0.1, -0.05) is 66.7 Å². The number of hydrogen-bond donors (Lipinski definition) is 0. The van der Waals surface area contributed by atoms with E-state index in [9.17, 15) is 0 Å². The van der Waals surface area contributed by atoms with E-state index in [0.29, 0.717) is 0 Å². The summed E-state index contributed by atoms with van der Waals surface area (Å²) in [6, 6.07) is 46.4. The van der Waals surface area contributed by atoms with Gasteiger partial charge in [0.15, 0.2) is 0 Å². The van der Waals surface area contributed by atoms with Crippen LogP contribution in [-0.4, -0.2) is 8.97 Å². The van der Waals surface area contributed by atoms with Crippen molar-refractivity contribution in [2.45, 2.75) is 0 Å². The van der Waals surface area contributed by atoms with Crippen molar-refractivity contribution in [2.75, 3.05) is 0 Å². The number of furan rings is 1. The van der Waals surface area contributed by atoms with Gasteiger partial charge in [0, 0.05) is 43.4 Å². The highest BCUT2D eigenvalue weighted by Crippen LogP contribution is 2.43. The second-order valence-corrected chi connectivity index (χ2v) is 12.7. The van der Waals surface area contributed by atoms with Crippen molar-refractivity contribution in [1.82, 2.24) is 8.97 Å². The van der Waals surface area contributed by atoms with Gasteiger partial charge in [0.2, 0.25) is 0 Å². The van der Waals surface area contributed by atoms with E-state index in [1.165, 1.54) is 70.3 Å². The average Bonchev–Trinajstić information content (AvgIpc) is 3.88. The lowest BCUT2D eigenvalue weighted by atomic mass is 10.0. The van der Waals surface area contributed by atoms with Crippen LogP contribution in [0.2, 0.25) is 0 Å². The van der Waals surface area contributed by atoms with Gasteiger partial charge in [0.05, 0.1) is 32.3 Å². The van der Waals surface area contributed by atoms with Crippen molar-refractivity contribution < 1.29 is 4.42 Å². The largest absolute Gasteiger partial charge is 0.456 e. The first-order chi connectivity index (χ1) is 21.8. The van der Waals surface area contributed by atoms with Crippen LogP contribution in [0.1, 0.15) is 0 Å². The summed E-state index contributed by atoms with van der Waals surface area (Å²) in [5.41, 5.74) is 11.7. The third-order valence-corrected chi connectivity index (χ3v) is 10.5. The van der Waals surface area contributed by atoms with Crippen LogP contribution in [0.25, 0.3) is 98.0 Å². The van der Waals surface area contributed by atoms with Crippen LogP contribution in [0.3, 0.4) is 0 Å². The molecule has 204 valence electrons. The Morgan fingerprint density at radius 3 is 2.07 bits per heavy atom. The van der Waals surface area contributed by atoms with Gasteiger partial charge in [-0.3, -0.25) is 0 Å². The van der Waals surface area contributed by atoms with E-state index in [0.717, 1.165) is 27.6 Å². The lowest BCUT2D eigenvalue weighted by Crippen LogP contribution is -1.93. The van der Waals surface area contributed by atoms with E-state index >= 15 is 0 Å². The van der Waals surface area contributed by atoms with Crippen molar-refractivity contribution in [1.29, 1.82) is 0 Å². The minimum absolute atomic E-state index is 0.914. The summed E-state index contributed by atoms with van der Waals surface area (Å²) in [4.78, 5) is 0. The fourth-order valence-electron chi connectivity index (χ4n) is 7.65. The molecule has 0 aliphatic rings. The van der Waals surface area contributed by atoms with Gasteiger partial charge >= 0.3 is 0 Å². The highest BCUT2D eigenvalue weighted by molar-refractivity contribution is 7.18. The van der Waals surface area contributed by atoms with E-state index in [1.807, 2.05) is 23.5 Å². The highest BCUT2D eigenvalue weighted by Gasteiger charge is 2.19. The molecule has 11 aromatic rings. The first kappa shape index (κ1) is 22.9. The van der Waals surface area contributed by atoms with Crippen molar-refractivity contribution in [3.8, 4) is 16.8 Å². The van der Waals surface area contributed by atoms with Crippen LogP contribution >= 0.6 is 11.3 Å². The average molecular weight is 579 g/mol. The Labute approximate surface area is 254 Å². The Kier molecular flexibility index (Phi) is 4.21. The van der Waals surface area contributed by atoms with Crippen LogP contribution in [-0.2, 0) is 0 Å². The van der Waals surface area contributed by atoms with Gasteiger partial charge in [-0.25, -0.2) is 0 Å². The Balaban J connectivity index is 1.14. The normalized spacial score (nSPS) is 12.5. The predicted octanol–water partition coefficient (Wildman–Crippen LogP) is 11.6. The summed E-state index contributed by atoms with van der Waals surface area (Å²) < 4.78 is 12.3. The van der Waals surface area contributed by atoms with E-state index in [-0.39, 0.29) is 0 Å². The number of hydrogen-bond acceptors (Lipinski definition) is 2. The topological polar surface area (TPSA) is 22.5 Å². The molecule has 0 fully saturated rings. The van der Waals surface area contributed by atoms with Crippen LogP contribution in [0.15, 0.2) is 137 Å². The zero-order chi connectivity index (χ0) is 28.5. The van der Waals surface area contributed by atoms with Crippen LogP contribution in [0, 0.1) is 0 Å². The second kappa shape index (κ2) is 8.07. The van der Waals surface area contributed by atoms with Gasteiger partial charge in [-0.15, -0.1) is 11.3 Å². The molecule has 0 radical (unpaired) electrons. The van der Waals surface area contributed by atoms with Gasteiger partial charge in [0.25, 0.3) is 0 Å². The van der Waals surface area contributed by atoms with Crippen LogP contribution in [0.4, 0.5) is 0 Å². The predicted molar refractivity (Wildman–Crippen MR) is 186 cm³/mol. The molecule has 3 nitrogen and oxygen atoms in total. The molecule has 5 aromatic heterocycles. The summed E-state index contributed by atoms with van der Waals surface area (Å²) in [5.74, 6) is 0. The Hall–Kier alpha value is -5.58. The third-order valence-electron chi connectivity index (χ3n) is 9.54. The van der Waals surface area contributed by atoms with Crippen molar-refractivity contribution in [2.24, 2.45) is 0 Å². The van der Waals surface area contributed by atoms with Crippen LogP contribution in [0.5, 0.6) is 0 Å². The third kappa shape index (κ3) is 2.81. The molecule has 6 aromatic carbocycles. The van der Waals surface area contributed by atoms with E-state index in [1.54, 1.807) is 0 Å². The zero-order valence-electron chi connectivity index (χ0n) is 23.4. The van der Waals surface area contributed by atoms with Crippen molar-refractivity contribution in [3.05, 3.63) is 133 Å². The van der Waals surface area contributed by atoms with Crippen molar-refractivity contribution in [3.63, 3.8) is 0 Å². The summed E-state index contributed by atoms with van der Waals surface area (Å²) in [7, 11) is 0. The maximum atomic E-state index is 6.14. The minimum atomic E-state index is 0.914. The molecule has 5 heterocycles. The molecule has 0 atom stereocenters. The second-order valence-electron chi connectivity index (χ2n) is 11.8. The fraction of sp³-hybridized carbons (Fsp3) is 0. The maximum absolute atomic E-state index is 6.14. The van der Waals surface area contributed by atoms with Gasteiger partial charge in [0.1, 0.15) is 11.2 Å². The summed E-state index contributed by atoms with van der Waals surface area (Å²) >= 11 is 1.83. The van der Waals surface area contributed by atoms with Crippen molar-refractivity contribution >= 4 is 92.5 Å². The molecule has 0 N–H and O–H groups in total. The first-order valence-corrected chi connectivity index (χ1v) is 15.8. The zero-order valence-corrected chi connectivity index (χ0v) is 24.2. The number of rotatable bonds is 2. The first-order valence-electron chi connectivity index (χ1n) is 14.9. The molecule has 4 heteroatoms. The van der Waals surface area contributed by atoms with Crippen LogP contribution < -0.4 is 0 Å². The number of nitrogens with zero attached hydrogens (tertiary/aromatic N) is 2. The maximum Gasteiger partial charge on any atom is 0.135 e.